The van der Waals surface area contributed by atoms with E-state index >= 15 is 0 Å². The van der Waals surface area contributed by atoms with Crippen LogP contribution in [0.3, 0.4) is 0 Å². The fraction of sp³-hybridized carbons (Fsp3) is 0.538. The van der Waals surface area contributed by atoms with Crippen molar-refractivity contribution in [2.75, 3.05) is 0 Å². The van der Waals surface area contributed by atoms with Crippen LogP contribution in [-0.2, 0) is 0 Å². The Morgan fingerprint density at radius 1 is 1.69 bits per heavy atom. The van der Waals surface area contributed by atoms with E-state index in [0.717, 1.165) is 12.3 Å². The lowest BCUT2D eigenvalue weighted by Crippen LogP contribution is -2.06. The largest absolute Gasteiger partial charge is 0.103 e. The van der Waals surface area contributed by atoms with Gasteiger partial charge in [0.05, 0.1) is 0 Å². The zero-order valence-electron chi connectivity index (χ0n) is 8.68. The van der Waals surface area contributed by atoms with Gasteiger partial charge >= 0.3 is 0 Å². The molecule has 0 aromatic heterocycles. The predicted octanol–water partition coefficient (Wildman–Crippen LogP) is 4.26. The molecule has 0 aromatic carbocycles. The van der Waals surface area contributed by atoms with Crippen LogP contribution in [0.15, 0.2) is 36.5 Å². The Morgan fingerprint density at radius 2 is 2.46 bits per heavy atom. The predicted molar refractivity (Wildman–Crippen MR) is 59.7 cm³/mol. The van der Waals surface area contributed by atoms with E-state index in [9.17, 15) is 0 Å². The summed E-state index contributed by atoms with van der Waals surface area (Å²) in [5.41, 5.74) is 2.97. The van der Waals surface area contributed by atoms with Crippen molar-refractivity contribution in [2.24, 2.45) is 5.92 Å². The Balaban J connectivity index is 2.38. The third-order valence-electron chi connectivity index (χ3n) is 2.87. The van der Waals surface area contributed by atoms with Crippen molar-refractivity contribution in [1.29, 1.82) is 0 Å². The molecule has 0 aromatic rings. The fourth-order valence-corrected chi connectivity index (χ4v) is 1.85. The van der Waals surface area contributed by atoms with Crippen LogP contribution >= 0.6 is 0 Å². The summed E-state index contributed by atoms with van der Waals surface area (Å²) in [6, 6.07) is 0. The highest BCUT2D eigenvalue weighted by Gasteiger charge is 2.13. The van der Waals surface area contributed by atoms with Crippen LogP contribution in [0.4, 0.5) is 0 Å². The molecule has 72 valence electrons. The first-order chi connectivity index (χ1) is 6.24. The number of hydrogen-bond acceptors (Lipinski definition) is 0. The van der Waals surface area contributed by atoms with Crippen LogP contribution in [0, 0.1) is 5.92 Å². The SMILES string of the molecule is C=CCCC1=CCC(C(=C)C)CC1. The molecule has 0 N–H and O–H groups in total. The summed E-state index contributed by atoms with van der Waals surface area (Å²) in [4.78, 5) is 0. The van der Waals surface area contributed by atoms with Crippen LogP contribution in [0.2, 0.25) is 0 Å². The fourth-order valence-electron chi connectivity index (χ4n) is 1.85. The van der Waals surface area contributed by atoms with Gasteiger partial charge in [-0.15, -0.1) is 6.58 Å². The van der Waals surface area contributed by atoms with Crippen LogP contribution in [0.1, 0.15) is 39.0 Å². The van der Waals surface area contributed by atoms with Gasteiger partial charge in [-0.2, -0.15) is 0 Å². The first-order valence-corrected chi connectivity index (χ1v) is 5.18. The summed E-state index contributed by atoms with van der Waals surface area (Å²) < 4.78 is 0. The Bertz CT molecular complexity index is 220. The van der Waals surface area contributed by atoms with Crippen LogP contribution in [0.25, 0.3) is 0 Å². The molecule has 0 radical (unpaired) electrons. The monoisotopic (exact) mass is 176 g/mol. The lowest BCUT2D eigenvalue weighted by Gasteiger charge is -2.21. The molecule has 1 unspecified atom stereocenters. The van der Waals surface area contributed by atoms with Gasteiger partial charge < -0.3 is 0 Å². The maximum Gasteiger partial charge on any atom is -0.0171 e. The molecule has 0 saturated heterocycles. The molecule has 1 rings (SSSR count). The molecule has 1 atom stereocenters. The van der Waals surface area contributed by atoms with Gasteiger partial charge in [-0.3, -0.25) is 0 Å². The third kappa shape index (κ3) is 3.22. The zero-order chi connectivity index (χ0) is 9.68. The molecule has 0 heteroatoms. The second kappa shape index (κ2) is 5.06. The highest BCUT2D eigenvalue weighted by molar-refractivity contribution is 5.12. The van der Waals surface area contributed by atoms with E-state index < -0.39 is 0 Å². The maximum absolute atomic E-state index is 4.02. The quantitative estimate of drug-likeness (QED) is 0.561. The highest BCUT2D eigenvalue weighted by Crippen LogP contribution is 2.29. The summed E-state index contributed by atoms with van der Waals surface area (Å²) in [7, 11) is 0. The smallest absolute Gasteiger partial charge is 0.0171 e. The van der Waals surface area contributed by atoms with Gasteiger partial charge in [-0.25, -0.2) is 0 Å². The maximum atomic E-state index is 4.02. The van der Waals surface area contributed by atoms with E-state index in [1.54, 1.807) is 5.57 Å². The van der Waals surface area contributed by atoms with E-state index in [1.807, 2.05) is 6.08 Å². The van der Waals surface area contributed by atoms with E-state index in [0.29, 0.717) is 0 Å². The van der Waals surface area contributed by atoms with Crippen molar-refractivity contribution in [3.8, 4) is 0 Å². The number of hydrogen-bond donors (Lipinski definition) is 0. The second-order valence-electron chi connectivity index (χ2n) is 4.01. The lowest BCUT2D eigenvalue weighted by atomic mass is 9.84. The molecule has 0 heterocycles. The van der Waals surface area contributed by atoms with Gasteiger partial charge in [-0.1, -0.05) is 29.9 Å². The molecular weight excluding hydrogens is 156 g/mol. The average Bonchev–Trinajstić information content (AvgIpc) is 2.15. The van der Waals surface area contributed by atoms with Gasteiger partial charge in [0.25, 0.3) is 0 Å². The van der Waals surface area contributed by atoms with Gasteiger partial charge in [0.15, 0.2) is 0 Å². The Labute approximate surface area is 82.0 Å². The topological polar surface area (TPSA) is 0 Å². The molecule has 0 saturated carbocycles. The van der Waals surface area contributed by atoms with Crippen LogP contribution in [-0.4, -0.2) is 0 Å². The Kier molecular flexibility index (Phi) is 4.01. The molecule has 1 aliphatic carbocycles. The number of allylic oxidation sites excluding steroid dienone is 4. The summed E-state index contributed by atoms with van der Waals surface area (Å²) in [5, 5.41) is 0. The minimum atomic E-state index is 0.743. The van der Waals surface area contributed by atoms with Crippen molar-refractivity contribution in [3.63, 3.8) is 0 Å². The van der Waals surface area contributed by atoms with Gasteiger partial charge in [0.2, 0.25) is 0 Å². The van der Waals surface area contributed by atoms with E-state index in [-0.39, 0.29) is 0 Å². The third-order valence-corrected chi connectivity index (χ3v) is 2.87. The van der Waals surface area contributed by atoms with Crippen LogP contribution in [0.5, 0.6) is 0 Å². The number of rotatable bonds is 4. The van der Waals surface area contributed by atoms with Crippen molar-refractivity contribution < 1.29 is 0 Å². The van der Waals surface area contributed by atoms with E-state index in [2.05, 4.69) is 26.2 Å². The average molecular weight is 176 g/mol. The molecular formula is C13H20. The van der Waals surface area contributed by atoms with Gasteiger partial charge in [0.1, 0.15) is 0 Å². The molecule has 0 amide bonds. The minimum Gasteiger partial charge on any atom is -0.103 e. The molecule has 1 aliphatic rings. The van der Waals surface area contributed by atoms with Crippen LogP contribution < -0.4 is 0 Å². The molecule has 0 bridgehead atoms. The second-order valence-corrected chi connectivity index (χ2v) is 4.01. The van der Waals surface area contributed by atoms with E-state index in [1.165, 1.54) is 31.3 Å². The molecule has 0 nitrogen and oxygen atoms in total. The minimum absolute atomic E-state index is 0.743. The lowest BCUT2D eigenvalue weighted by molar-refractivity contribution is 0.531. The zero-order valence-corrected chi connectivity index (χ0v) is 8.68. The van der Waals surface area contributed by atoms with Crippen molar-refractivity contribution >= 4 is 0 Å². The Hall–Kier alpha value is -0.780. The summed E-state index contributed by atoms with van der Waals surface area (Å²) in [5.74, 6) is 0.743. The standard InChI is InChI=1S/C13H20/c1-4-5-6-12-7-9-13(10-8-12)11(2)3/h4,7,13H,1-2,5-6,8-10H2,3H3. The Morgan fingerprint density at radius 3 is 2.92 bits per heavy atom. The van der Waals surface area contributed by atoms with E-state index in [4.69, 9.17) is 0 Å². The highest BCUT2D eigenvalue weighted by atomic mass is 14.2. The summed E-state index contributed by atoms with van der Waals surface area (Å²) in [6.07, 6.45) is 10.5. The summed E-state index contributed by atoms with van der Waals surface area (Å²) >= 11 is 0. The normalized spacial score (nSPS) is 22.2. The summed E-state index contributed by atoms with van der Waals surface area (Å²) in [6.45, 7) is 9.91. The first-order valence-electron chi connectivity index (χ1n) is 5.18. The molecule has 0 aliphatic heterocycles. The van der Waals surface area contributed by atoms with Crippen molar-refractivity contribution in [1.82, 2.24) is 0 Å². The van der Waals surface area contributed by atoms with Crippen molar-refractivity contribution in [2.45, 2.75) is 39.0 Å². The molecule has 13 heavy (non-hydrogen) atoms. The molecule has 0 fully saturated rings. The van der Waals surface area contributed by atoms with Gasteiger partial charge in [0, 0.05) is 0 Å². The van der Waals surface area contributed by atoms with Crippen molar-refractivity contribution in [3.05, 3.63) is 36.5 Å². The first kappa shape index (κ1) is 10.3. The molecule has 0 spiro atoms. The van der Waals surface area contributed by atoms with Gasteiger partial charge in [-0.05, 0) is 44.9 Å².